The van der Waals surface area contributed by atoms with Crippen LogP contribution >= 0.6 is 33.9 Å². The Morgan fingerprint density at radius 1 is 1.40 bits per heavy atom. The molecule has 0 aliphatic carbocycles. The van der Waals surface area contributed by atoms with E-state index in [0.717, 1.165) is 6.07 Å². The van der Waals surface area contributed by atoms with E-state index in [-0.39, 0.29) is 21.4 Å². The second kappa shape index (κ2) is 4.58. The molecular weight excluding hydrogens is 281 g/mol. The van der Waals surface area contributed by atoms with Crippen molar-refractivity contribution in [1.82, 2.24) is 0 Å². The molecule has 0 aliphatic heterocycles. The molecule has 80 valence electrons. The minimum Gasteiger partial charge on any atom is -0.207 e. The van der Waals surface area contributed by atoms with Gasteiger partial charge in [0.1, 0.15) is 0 Å². The fourth-order valence-corrected chi connectivity index (χ4v) is 2.48. The van der Waals surface area contributed by atoms with Crippen LogP contribution in [0.5, 0.6) is 0 Å². The molecular formula is C8H4Cl3NO2S. The topological polar surface area (TPSA) is 57.9 Å². The molecule has 7 heteroatoms. The predicted octanol–water partition coefficient (Wildman–Crippen LogP) is 2.88. The maximum absolute atomic E-state index is 11.0. The smallest absolute Gasteiger partial charge is 0.207 e. The highest BCUT2D eigenvalue weighted by Crippen LogP contribution is 2.27. The summed E-state index contributed by atoms with van der Waals surface area (Å²) >= 11 is 11.3. The van der Waals surface area contributed by atoms with Crippen molar-refractivity contribution in [2.24, 2.45) is 0 Å². The van der Waals surface area contributed by atoms with E-state index in [2.05, 4.69) is 0 Å². The third-order valence-electron chi connectivity index (χ3n) is 1.70. The molecule has 15 heavy (non-hydrogen) atoms. The van der Waals surface area contributed by atoms with Crippen LogP contribution in [0.15, 0.2) is 17.0 Å². The summed E-state index contributed by atoms with van der Waals surface area (Å²) in [5.74, 6) is 0.0321. The first-order valence-corrected chi connectivity index (χ1v) is 6.85. The Hall–Kier alpha value is -0.470. The molecule has 0 radical (unpaired) electrons. The summed E-state index contributed by atoms with van der Waals surface area (Å²) in [7, 11) is 1.24. The van der Waals surface area contributed by atoms with Crippen molar-refractivity contribution in [1.29, 1.82) is 5.26 Å². The van der Waals surface area contributed by atoms with E-state index >= 15 is 0 Å². The molecule has 0 saturated heterocycles. The van der Waals surface area contributed by atoms with E-state index in [1.165, 1.54) is 6.07 Å². The maximum Gasteiger partial charge on any atom is 0.261 e. The number of nitrogens with zero attached hydrogens (tertiary/aromatic N) is 1. The van der Waals surface area contributed by atoms with Crippen LogP contribution in [0.2, 0.25) is 5.02 Å². The van der Waals surface area contributed by atoms with E-state index in [1.54, 1.807) is 0 Å². The molecule has 0 N–H and O–H groups in total. The molecule has 1 aromatic carbocycles. The van der Waals surface area contributed by atoms with Crippen molar-refractivity contribution in [3.8, 4) is 6.07 Å². The Bertz CT molecular complexity index is 534. The van der Waals surface area contributed by atoms with E-state index < -0.39 is 9.05 Å². The highest BCUT2D eigenvalue weighted by molar-refractivity contribution is 8.13. The van der Waals surface area contributed by atoms with Crippen molar-refractivity contribution in [3.05, 3.63) is 28.3 Å². The van der Waals surface area contributed by atoms with Crippen LogP contribution in [-0.4, -0.2) is 8.42 Å². The first kappa shape index (κ1) is 12.6. The highest BCUT2D eigenvalue weighted by Gasteiger charge is 2.16. The predicted molar refractivity (Wildman–Crippen MR) is 58.8 cm³/mol. The number of halogens is 3. The standard InChI is InChI=1S/C8H4Cl3NO2S/c9-3-7-5(4-12)1-6(2-8(7)10)15(11,13)14/h1-2H,3H2. The van der Waals surface area contributed by atoms with Crippen LogP contribution in [0, 0.1) is 11.3 Å². The average molecular weight is 285 g/mol. The second-order valence-electron chi connectivity index (χ2n) is 2.61. The van der Waals surface area contributed by atoms with Crippen molar-refractivity contribution >= 4 is 42.9 Å². The molecule has 0 aliphatic rings. The Morgan fingerprint density at radius 3 is 2.40 bits per heavy atom. The van der Waals surface area contributed by atoms with Gasteiger partial charge in [-0.05, 0) is 12.1 Å². The molecule has 0 spiro atoms. The third kappa shape index (κ3) is 2.76. The van der Waals surface area contributed by atoms with Crippen LogP contribution in [-0.2, 0) is 14.9 Å². The first-order chi connectivity index (χ1) is 6.90. The van der Waals surface area contributed by atoms with Crippen molar-refractivity contribution in [3.63, 3.8) is 0 Å². The number of alkyl halides is 1. The van der Waals surface area contributed by atoms with Gasteiger partial charge in [-0.3, -0.25) is 0 Å². The zero-order chi connectivity index (χ0) is 11.6. The molecule has 0 fully saturated rings. The largest absolute Gasteiger partial charge is 0.261 e. The third-order valence-corrected chi connectivity index (χ3v) is 3.64. The fraction of sp³-hybridized carbons (Fsp3) is 0.125. The van der Waals surface area contributed by atoms with Gasteiger partial charge >= 0.3 is 0 Å². The van der Waals surface area contributed by atoms with Gasteiger partial charge < -0.3 is 0 Å². The van der Waals surface area contributed by atoms with Crippen LogP contribution < -0.4 is 0 Å². The Balaban J connectivity index is 3.55. The van der Waals surface area contributed by atoms with Crippen LogP contribution in [0.1, 0.15) is 11.1 Å². The molecule has 3 nitrogen and oxygen atoms in total. The summed E-state index contributed by atoms with van der Waals surface area (Å²) in [6.45, 7) is 0. The van der Waals surface area contributed by atoms with Gasteiger partial charge in [-0.15, -0.1) is 11.6 Å². The fourth-order valence-electron chi connectivity index (χ4n) is 0.988. The molecule has 0 saturated carbocycles. The van der Waals surface area contributed by atoms with Gasteiger partial charge in [0, 0.05) is 21.3 Å². The lowest BCUT2D eigenvalue weighted by atomic mass is 10.1. The number of hydrogen-bond acceptors (Lipinski definition) is 3. The SMILES string of the molecule is N#Cc1cc(S(=O)(=O)Cl)cc(Cl)c1CCl. The summed E-state index contributed by atoms with van der Waals surface area (Å²) in [5, 5.41) is 8.87. The summed E-state index contributed by atoms with van der Waals surface area (Å²) in [6.07, 6.45) is 0. The zero-order valence-electron chi connectivity index (χ0n) is 7.17. The molecule has 0 unspecified atom stereocenters. The molecule has 0 atom stereocenters. The lowest BCUT2D eigenvalue weighted by Crippen LogP contribution is -1.95. The Morgan fingerprint density at radius 2 is 2.00 bits per heavy atom. The van der Waals surface area contributed by atoms with E-state index in [1.807, 2.05) is 6.07 Å². The van der Waals surface area contributed by atoms with Gasteiger partial charge in [-0.1, -0.05) is 11.6 Å². The molecule has 0 bridgehead atoms. The zero-order valence-corrected chi connectivity index (χ0v) is 10.3. The van der Waals surface area contributed by atoms with E-state index in [9.17, 15) is 8.42 Å². The van der Waals surface area contributed by atoms with Gasteiger partial charge in [0.25, 0.3) is 9.05 Å². The summed E-state index contributed by atoms with van der Waals surface area (Å²) in [6, 6.07) is 4.12. The minimum absolute atomic E-state index is 0.0321. The van der Waals surface area contributed by atoms with Gasteiger partial charge in [-0.2, -0.15) is 5.26 Å². The lowest BCUT2D eigenvalue weighted by molar-refractivity contribution is 0.609. The Kier molecular flexibility index (Phi) is 3.85. The summed E-state index contributed by atoms with van der Waals surface area (Å²) in [4.78, 5) is -0.209. The number of rotatable bonds is 2. The van der Waals surface area contributed by atoms with Crippen molar-refractivity contribution in [2.45, 2.75) is 10.8 Å². The molecule has 1 aromatic rings. The van der Waals surface area contributed by atoms with Gasteiger partial charge in [0.05, 0.1) is 22.4 Å². The number of benzene rings is 1. The monoisotopic (exact) mass is 283 g/mol. The quantitative estimate of drug-likeness (QED) is 0.620. The second-order valence-corrected chi connectivity index (χ2v) is 5.85. The first-order valence-electron chi connectivity index (χ1n) is 3.63. The molecule has 1 rings (SSSR count). The van der Waals surface area contributed by atoms with Crippen molar-refractivity contribution < 1.29 is 8.42 Å². The van der Waals surface area contributed by atoms with Crippen LogP contribution in [0.25, 0.3) is 0 Å². The molecule has 0 aromatic heterocycles. The molecule has 0 amide bonds. The van der Waals surface area contributed by atoms with E-state index in [0.29, 0.717) is 5.56 Å². The van der Waals surface area contributed by atoms with Crippen LogP contribution in [0.3, 0.4) is 0 Å². The number of hydrogen-bond donors (Lipinski definition) is 0. The highest BCUT2D eigenvalue weighted by atomic mass is 35.7. The average Bonchev–Trinajstić information content (AvgIpc) is 2.15. The number of nitriles is 1. The maximum atomic E-state index is 11.0. The minimum atomic E-state index is -3.89. The van der Waals surface area contributed by atoms with Crippen molar-refractivity contribution in [2.75, 3.05) is 0 Å². The normalized spacial score (nSPS) is 11.1. The Labute approximate surface area is 102 Å². The summed E-state index contributed by atoms with van der Waals surface area (Å²) in [5.41, 5.74) is 0.502. The van der Waals surface area contributed by atoms with Crippen LogP contribution in [0.4, 0.5) is 0 Å². The van der Waals surface area contributed by atoms with E-state index in [4.69, 9.17) is 39.1 Å². The van der Waals surface area contributed by atoms with Gasteiger partial charge in [0.2, 0.25) is 0 Å². The summed E-state index contributed by atoms with van der Waals surface area (Å²) < 4.78 is 22.0. The molecule has 0 heterocycles. The van der Waals surface area contributed by atoms with Gasteiger partial charge in [-0.25, -0.2) is 8.42 Å². The lowest BCUT2D eigenvalue weighted by Gasteiger charge is -2.04. The van der Waals surface area contributed by atoms with Gasteiger partial charge in [0.15, 0.2) is 0 Å².